The van der Waals surface area contributed by atoms with Gasteiger partial charge in [-0.1, -0.05) is 50.5 Å². The largest absolute Gasteiger partial charge is 0.313 e. The number of benzene rings is 1. The second-order valence-corrected chi connectivity index (χ2v) is 6.81. The van der Waals surface area contributed by atoms with Crippen molar-refractivity contribution in [3.05, 3.63) is 35.4 Å². The van der Waals surface area contributed by atoms with Crippen molar-refractivity contribution in [1.29, 1.82) is 0 Å². The van der Waals surface area contributed by atoms with Crippen LogP contribution < -0.4 is 5.32 Å². The lowest BCUT2D eigenvalue weighted by atomic mass is 10.1. The lowest BCUT2D eigenvalue weighted by Gasteiger charge is -2.25. The van der Waals surface area contributed by atoms with Crippen LogP contribution in [0.25, 0.3) is 0 Å². The van der Waals surface area contributed by atoms with Crippen molar-refractivity contribution < 1.29 is 0 Å². The molecule has 1 aliphatic carbocycles. The molecule has 2 heteroatoms. The third-order valence-electron chi connectivity index (χ3n) is 4.13. The zero-order valence-electron chi connectivity index (χ0n) is 12.3. The van der Waals surface area contributed by atoms with E-state index in [1.54, 1.807) is 0 Å². The molecule has 1 aliphatic rings. The van der Waals surface area contributed by atoms with Gasteiger partial charge in [-0.3, -0.25) is 0 Å². The van der Waals surface area contributed by atoms with Gasteiger partial charge in [0.15, 0.2) is 0 Å². The first kappa shape index (κ1) is 14.9. The van der Waals surface area contributed by atoms with Gasteiger partial charge in [-0.2, -0.15) is 11.8 Å². The maximum Gasteiger partial charge on any atom is 0.0204 e. The molecule has 2 rings (SSSR count). The molecule has 0 saturated heterocycles. The van der Waals surface area contributed by atoms with Crippen LogP contribution in [0.15, 0.2) is 24.3 Å². The van der Waals surface area contributed by atoms with E-state index >= 15 is 0 Å². The van der Waals surface area contributed by atoms with E-state index in [2.05, 4.69) is 55.2 Å². The summed E-state index contributed by atoms with van der Waals surface area (Å²) in [4.78, 5) is 0. The molecular formula is C17H27NS. The second-order valence-electron chi connectivity index (χ2n) is 5.58. The van der Waals surface area contributed by atoms with Gasteiger partial charge < -0.3 is 5.32 Å². The summed E-state index contributed by atoms with van der Waals surface area (Å²) in [7, 11) is 0. The van der Waals surface area contributed by atoms with E-state index in [1.165, 1.54) is 49.0 Å². The SMILES string of the molecule is CCNC1CCCCCC1SCc1ccccc1C. The van der Waals surface area contributed by atoms with Crippen LogP contribution in [0, 0.1) is 6.92 Å². The Balaban J connectivity index is 1.93. The van der Waals surface area contributed by atoms with Gasteiger partial charge in [0.2, 0.25) is 0 Å². The molecule has 19 heavy (non-hydrogen) atoms. The summed E-state index contributed by atoms with van der Waals surface area (Å²) in [5.74, 6) is 1.17. The van der Waals surface area contributed by atoms with Crippen molar-refractivity contribution in [3.63, 3.8) is 0 Å². The van der Waals surface area contributed by atoms with Crippen molar-refractivity contribution in [3.8, 4) is 0 Å². The minimum Gasteiger partial charge on any atom is -0.313 e. The third-order valence-corrected chi connectivity index (χ3v) is 5.60. The summed E-state index contributed by atoms with van der Waals surface area (Å²) < 4.78 is 0. The molecule has 2 atom stereocenters. The number of nitrogens with one attached hydrogen (secondary N) is 1. The Hall–Kier alpha value is -0.470. The maximum atomic E-state index is 3.70. The molecule has 1 fully saturated rings. The molecule has 0 amide bonds. The van der Waals surface area contributed by atoms with E-state index < -0.39 is 0 Å². The Labute approximate surface area is 122 Å². The average molecular weight is 277 g/mol. The maximum absolute atomic E-state index is 3.70. The van der Waals surface area contributed by atoms with Crippen LogP contribution in [0.5, 0.6) is 0 Å². The van der Waals surface area contributed by atoms with Crippen LogP contribution >= 0.6 is 11.8 Å². The van der Waals surface area contributed by atoms with Gasteiger partial charge in [-0.25, -0.2) is 0 Å². The second kappa shape index (κ2) is 7.96. The number of hydrogen-bond donors (Lipinski definition) is 1. The zero-order chi connectivity index (χ0) is 13.5. The Morgan fingerprint density at radius 3 is 2.74 bits per heavy atom. The van der Waals surface area contributed by atoms with Crippen molar-refractivity contribution in [1.82, 2.24) is 5.32 Å². The van der Waals surface area contributed by atoms with Crippen LogP contribution in [-0.4, -0.2) is 17.8 Å². The predicted molar refractivity (Wildman–Crippen MR) is 86.8 cm³/mol. The molecule has 2 unspecified atom stereocenters. The summed E-state index contributed by atoms with van der Waals surface area (Å²) in [6.45, 7) is 5.56. The summed E-state index contributed by atoms with van der Waals surface area (Å²) in [5.41, 5.74) is 2.94. The highest BCUT2D eigenvalue weighted by Crippen LogP contribution is 2.30. The number of hydrogen-bond acceptors (Lipinski definition) is 2. The van der Waals surface area contributed by atoms with E-state index in [0.717, 1.165) is 17.8 Å². The minimum atomic E-state index is 0.724. The number of rotatable bonds is 5. The minimum absolute atomic E-state index is 0.724. The molecule has 1 aromatic carbocycles. The van der Waals surface area contributed by atoms with Gasteiger partial charge in [0.1, 0.15) is 0 Å². The topological polar surface area (TPSA) is 12.0 Å². The summed E-state index contributed by atoms with van der Waals surface area (Å²) in [6.07, 6.45) is 6.98. The van der Waals surface area contributed by atoms with Gasteiger partial charge in [0, 0.05) is 17.0 Å². The predicted octanol–water partition coefficient (Wildman–Crippen LogP) is 4.54. The standard InChI is InChI=1S/C17H27NS/c1-3-18-16-11-5-4-6-12-17(16)19-13-15-10-8-7-9-14(15)2/h7-10,16-18H,3-6,11-13H2,1-2H3. The van der Waals surface area contributed by atoms with Gasteiger partial charge in [-0.15, -0.1) is 0 Å². The fourth-order valence-corrected chi connectivity index (χ4v) is 4.45. The molecule has 0 aromatic heterocycles. The molecule has 0 aliphatic heterocycles. The highest BCUT2D eigenvalue weighted by molar-refractivity contribution is 7.99. The highest BCUT2D eigenvalue weighted by Gasteiger charge is 2.23. The van der Waals surface area contributed by atoms with Crippen molar-refractivity contribution in [2.45, 2.75) is 63.0 Å². The average Bonchev–Trinajstić information content (AvgIpc) is 2.64. The quantitative estimate of drug-likeness (QED) is 0.793. The lowest BCUT2D eigenvalue weighted by molar-refractivity contribution is 0.482. The molecule has 0 heterocycles. The first-order chi connectivity index (χ1) is 9.31. The molecule has 1 aromatic rings. The van der Waals surface area contributed by atoms with E-state index in [9.17, 15) is 0 Å². The van der Waals surface area contributed by atoms with Crippen LogP contribution in [0.4, 0.5) is 0 Å². The number of aryl methyl sites for hydroxylation is 1. The van der Waals surface area contributed by atoms with Gasteiger partial charge >= 0.3 is 0 Å². The summed E-state index contributed by atoms with van der Waals surface area (Å²) in [6, 6.07) is 9.53. The molecule has 0 spiro atoms. The number of thioether (sulfide) groups is 1. The van der Waals surface area contributed by atoms with Crippen LogP contribution in [0.2, 0.25) is 0 Å². The zero-order valence-corrected chi connectivity index (χ0v) is 13.1. The Kier molecular flexibility index (Phi) is 6.25. The van der Waals surface area contributed by atoms with Crippen molar-refractivity contribution in [2.75, 3.05) is 6.54 Å². The third kappa shape index (κ3) is 4.54. The van der Waals surface area contributed by atoms with Gasteiger partial charge in [-0.05, 0) is 37.4 Å². The Bertz CT molecular complexity index is 377. The first-order valence-corrected chi connectivity index (χ1v) is 8.75. The molecule has 0 bridgehead atoms. The molecule has 106 valence electrons. The molecular weight excluding hydrogens is 250 g/mol. The molecule has 0 radical (unpaired) electrons. The molecule has 1 saturated carbocycles. The summed E-state index contributed by atoms with van der Waals surface area (Å²) >= 11 is 2.16. The van der Waals surface area contributed by atoms with E-state index in [4.69, 9.17) is 0 Å². The Morgan fingerprint density at radius 2 is 1.95 bits per heavy atom. The van der Waals surface area contributed by atoms with Crippen LogP contribution in [0.1, 0.15) is 50.2 Å². The smallest absolute Gasteiger partial charge is 0.0204 e. The molecule has 1 N–H and O–H groups in total. The van der Waals surface area contributed by atoms with Gasteiger partial charge in [0.25, 0.3) is 0 Å². The first-order valence-electron chi connectivity index (χ1n) is 7.70. The summed E-state index contributed by atoms with van der Waals surface area (Å²) in [5, 5.41) is 4.50. The van der Waals surface area contributed by atoms with Gasteiger partial charge in [0.05, 0.1) is 0 Å². The van der Waals surface area contributed by atoms with E-state index in [0.29, 0.717) is 0 Å². The monoisotopic (exact) mass is 277 g/mol. The lowest BCUT2D eigenvalue weighted by Crippen LogP contribution is -2.37. The molecule has 1 nitrogen and oxygen atoms in total. The van der Waals surface area contributed by atoms with Crippen LogP contribution in [0.3, 0.4) is 0 Å². The van der Waals surface area contributed by atoms with Crippen molar-refractivity contribution in [2.24, 2.45) is 0 Å². The van der Waals surface area contributed by atoms with Crippen molar-refractivity contribution >= 4 is 11.8 Å². The van der Waals surface area contributed by atoms with E-state index in [-0.39, 0.29) is 0 Å². The fourth-order valence-electron chi connectivity index (χ4n) is 2.94. The van der Waals surface area contributed by atoms with E-state index in [1.807, 2.05) is 0 Å². The fraction of sp³-hybridized carbons (Fsp3) is 0.647. The normalized spacial score (nSPS) is 24.1. The Morgan fingerprint density at radius 1 is 1.16 bits per heavy atom. The highest BCUT2D eigenvalue weighted by atomic mass is 32.2. The van der Waals surface area contributed by atoms with Crippen LogP contribution in [-0.2, 0) is 5.75 Å².